The van der Waals surface area contributed by atoms with E-state index in [1.54, 1.807) is 17.4 Å². The van der Waals surface area contributed by atoms with Gasteiger partial charge in [-0.3, -0.25) is 4.79 Å². The number of carbonyl (C=O) groups excluding carboxylic acids is 1. The molecular formula is C21H29N3O2S. The lowest BCUT2D eigenvalue weighted by Gasteiger charge is -2.48. The van der Waals surface area contributed by atoms with Crippen molar-refractivity contribution in [3.63, 3.8) is 0 Å². The second kappa shape index (κ2) is 8.95. The molecule has 3 heterocycles. The lowest BCUT2D eigenvalue weighted by atomic mass is 9.88. The SMILES string of the molecule is C=C/C=C\C=C\N1CC2(CCN(CCc3scnc3C)CC2)OC(C)C1=O. The summed E-state index contributed by atoms with van der Waals surface area (Å²) in [6.45, 7) is 11.3. The number of hydrogen-bond donors (Lipinski definition) is 0. The Morgan fingerprint density at radius 2 is 2.15 bits per heavy atom. The quantitative estimate of drug-likeness (QED) is 0.703. The van der Waals surface area contributed by atoms with E-state index in [9.17, 15) is 4.79 Å². The molecule has 1 unspecified atom stereocenters. The van der Waals surface area contributed by atoms with Gasteiger partial charge in [0.1, 0.15) is 6.10 Å². The van der Waals surface area contributed by atoms with Gasteiger partial charge in [-0.05, 0) is 39.2 Å². The molecule has 1 aromatic rings. The molecule has 6 heteroatoms. The minimum Gasteiger partial charge on any atom is -0.360 e. The minimum atomic E-state index is -0.391. The Hall–Kier alpha value is -1.76. The normalized spacial score (nSPS) is 23.7. The lowest BCUT2D eigenvalue weighted by molar-refractivity contribution is -0.184. The van der Waals surface area contributed by atoms with Gasteiger partial charge in [0.15, 0.2) is 0 Å². The molecule has 0 aromatic carbocycles. The highest BCUT2D eigenvalue weighted by atomic mass is 32.1. The van der Waals surface area contributed by atoms with Crippen molar-refractivity contribution in [2.45, 2.75) is 44.8 Å². The molecule has 2 fully saturated rings. The van der Waals surface area contributed by atoms with Crippen LogP contribution in [0.2, 0.25) is 0 Å². The van der Waals surface area contributed by atoms with Gasteiger partial charge in [0.25, 0.3) is 5.91 Å². The average molecular weight is 388 g/mol. The van der Waals surface area contributed by atoms with Crippen LogP contribution in [0.15, 0.2) is 42.6 Å². The minimum absolute atomic E-state index is 0.0342. The number of piperidine rings is 1. The third-order valence-corrected chi connectivity index (χ3v) is 6.40. The van der Waals surface area contributed by atoms with Crippen LogP contribution in [0.5, 0.6) is 0 Å². The number of amides is 1. The maximum absolute atomic E-state index is 12.4. The predicted octanol–water partition coefficient (Wildman–Crippen LogP) is 3.33. The zero-order chi connectivity index (χ0) is 19.3. The summed E-state index contributed by atoms with van der Waals surface area (Å²) >= 11 is 1.75. The number of thiazole rings is 1. The van der Waals surface area contributed by atoms with E-state index in [2.05, 4.69) is 23.4 Å². The van der Waals surface area contributed by atoms with Gasteiger partial charge in [0.05, 0.1) is 23.4 Å². The van der Waals surface area contributed by atoms with Crippen molar-refractivity contribution >= 4 is 17.2 Å². The van der Waals surface area contributed by atoms with Gasteiger partial charge in [0, 0.05) is 30.7 Å². The highest BCUT2D eigenvalue weighted by Gasteiger charge is 2.44. The summed E-state index contributed by atoms with van der Waals surface area (Å²) in [7, 11) is 0. The maximum atomic E-state index is 12.4. The second-order valence-corrected chi connectivity index (χ2v) is 8.26. The van der Waals surface area contributed by atoms with Crippen LogP contribution in [0.4, 0.5) is 0 Å². The van der Waals surface area contributed by atoms with Crippen molar-refractivity contribution in [1.82, 2.24) is 14.8 Å². The molecule has 2 saturated heterocycles. The zero-order valence-corrected chi connectivity index (χ0v) is 17.1. The molecular weight excluding hydrogens is 358 g/mol. The van der Waals surface area contributed by atoms with Gasteiger partial charge >= 0.3 is 0 Å². The lowest BCUT2D eigenvalue weighted by Crippen LogP contribution is -2.60. The summed E-state index contributed by atoms with van der Waals surface area (Å²) in [4.78, 5) is 22.5. The van der Waals surface area contributed by atoms with Crippen LogP contribution in [-0.2, 0) is 16.0 Å². The number of allylic oxidation sites excluding steroid dienone is 4. The summed E-state index contributed by atoms with van der Waals surface area (Å²) in [5.41, 5.74) is 2.86. The van der Waals surface area contributed by atoms with E-state index in [0.717, 1.165) is 44.6 Å². The van der Waals surface area contributed by atoms with Gasteiger partial charge in [0.2, 0.25) is 0 Å². The first-order valence-electron chi connectivity index (χ1n) is 9.58. The van der Waals surface area contributed by atoms with Crippen molar-refractivity contribution in [2.24, 2.45) is 0 Å². The Bertz CT molecular complexity index is 717. The average Bonchev–Trinajstić information content (AvgIpc) is 3.07. The molecule has 146 valence electrons. The van der Waals surface area contributed by atoms with Gasteiger partial charge in [-0.1, -0.05) is 24.8 Å². The Labute approximate surface area is 166 Å². The number of likely N-dealkylation sites (tertiary alicyclic amines) is 1. The third-order valence-electron chi connectivity index (χ3n) is 5.41. The van der Waals surface area contributed by atoms with Crippen LogP contribution >= 0.6 is 11.3 Å². The van der Waals surface area contributed by atoms with E-state index in [4.69, 9.17) is 4.74 Å². The molecule has 27 heavy (non-hydrogen) atoms. The molecule has 5 nitrogen and oxygen atoms in total. The fraction of sp³-hybridized carbons (Fsp3) is 0.524. The summed E-state index contributed by atoms with van der Waals surface area (Å²) in [6, 6.07) is 0. The largest absolute Gasteiger partial charge is 0.360 e. The Morgan fingerprint density at radius 1 is 1.37 bits per heavy atom. The molecule has 2 aliphatic rings. The maximum Gasteiger partial charge on any atom is 0.255 e. The van der Waals surface area contributed by atoms with Gasteiger partial charge < -0.3 is 14.5 Å². The molecule has 0 aliphatic carbocycles. The molecule has 1 atom stereocenters. The molecule has 1 amide bonds. The number of morpholine rings is 1. The molecule has 0 N–H and O–H groups in total. The summed E-state index contributed by atoms with van der Waals surface area (Å²) in [5, 5.41) is 0. The van der Waals surface area contributed by atoms with Gasteiger partial charge in [-0.25, -0.2) is 4.98 Å². The first-order valence-corrected chi connectivity index (χ1v) is 10.5. The molecule has 1 aromatic heterocycles. The third kappa shape index (κ3) is 4.94. The van der Waals surface area contributed by atoms with Crippen molar-refractivity contribution in [3.8, 4) is 0 Å². The molecule has 0 bridgehead atoms. The monoisotopic (exact) mass is 387 g/mol. The standard InChI is InChI=1S/C21H29N3O2S/c1-4-5-6-7-11-24-15-21(26-18(3)20(24)25)9-13-23(14-10-21)12-8-19-17(2)22-16-27-19/h4-7,11,16,18H,1,8-10,12-15H2,2-3H3/b6-5-,11-7+. The second-order valence-electron chi connectivity index (χ2n) is 7.32. The number of hydrogen-bond acceptors (Lipinski definition) is 5. The summed E-state index contributed by atoms with van der Waals surface area (Å²) in [6.07, 6.45) is 11.8. The van der Waals surface area contributed by atoms with Crippen molar-refractivity contribution in [2.75, 3.05) is 26.2 Å². The molecule has 0 saturated carbocycles. The van der Waals surface area contributed by atoms with Gasteiger partial charge in [-0.2, -0.15) is 0 Å². The molecule has 2 aliphatic heterocycles. The van der Waals surface area contributed by atoms with E-state index in [-0.39, 0.29) is 11.5 Å². The fourth-order valence-electron chi connectivity index (χ4n) is 3.79. The number of nitrogens with zero attached hydrogens (tertiary/aromatic N) is 3. The van der Waals surface area contributed by atoms with Crippen LogP contribution in [0, 0.1) is 6.92 Å². The van der Waals surface area contributed by atoms with Crippen LogP contribution in [-0.4, -0.2) is 58.6 Å². The van der Waals surface area contributed by atoms with E-state index in [0.29, 0.717) is 6.54 Å². The Kier molecular flexibility index (Phi) is 6.63. The smallest absolute Gasteiger partial charge is 0.255 e. The van der Waals surface area contributed by atoms with Crippen LogP contribution < -0.4 is 0 Å². The zero-order valence-electron chi connectivity index (χ0n) is 16.3. The van der Waals surface area contributed by atoms with Crippen molar-refractivity contribution in [3.05, 3.63) is 53.2 Å². The molecule has 3 rings (SSSR count). The topological polar surface area (TPSA) is 45.7 Å². The summed E-state index contributed by atoms with van der Waals surface area (Å²) in [5.74, 6) is 0.0342. The first kappa shape index (κ1) is 20.0. The molecule has 0 radical (unpaired) electrons. The highest BCUT2D eigenvalue weighted by Crippen LogP contribution is 2.33. The first-order chi connectivity index (χ1) is 13.0. The van der Waals surface area contributed by atoms with Crippen LogP contribution in [0.25, 0.3) is 0 Å². The van der Waals surface area contributed by atoms with E-state index < -0.39 is 6.10 Å². The number of carbonyl (C=O) groups is 1. The van der Waals surface area contributed by atoms with Crippen molar-refractivity contribution in [1.29, 1.82) is 0 Å². The number of ether oxygens (including phenoxy) is 1. The Balaban J connectivity index is 1.56. The van der Waals surface area contributed by atoms with E-state index in [1.807, 2.05) is 41.8 Å². The van der Waals surface area contributed by atoms with E-state index in [1.165, 1.54) is 4.88 Å². The number of rotatable bonds is 6. The van der Waals surface area contributed by atoms with Gasteiger partial charge in [-0.15, -0.1) is 11.3 Å². The number of aromatic nitrogens is 1. The van der Waals surface area contributed by atoms with Crippen LogP contribution in [0.1, 0.15) is 30.3 Å². The van der Waals surface area contributed by atoms with E-state index >= 15 is 0 Å². The number of aryl methyl sites for hydroxylation is 1. The summed E-state index contributed by atoms with van der Waals surface area (Å²) < 4.78 is 6.21. The molecule has 1 spiro atoms. The Morgan fingerprint density at radius 3 is 2.81 bits per heavy atom. The predicted molar refractivity (Wildman–Crippen MR) is 110 cm³/mol. The fourth-order valence-corrected chi connectivity index (χ4v) is 4.56. The highest BCUT2D eigenvalue weighted by molar-refractivity contribution is 7.09. The van der Waals surface area contributed by atoms with Crippen molar-refractivity contribution < 1.29 is 9.53 Å². The van der Waals surface area contributed by atoms with Crippen LogP contribution in [0.3, 0.4) is 0 Å².